The second-order valence-corrected chi connectivity index (χ2v) is 3.87. The predicted molar refractivity (Wildman–Crippen MR) is 70.2 cm³/mol. The van der Waals surface area contributed by atoms with Crippen molar-refractivity contribution in [3.05, 3.63) is 41.7 Å². The zero-order valence-corrected chi connectivity index (χ0v) is 10.5. The molecular weight excluding hydrogens is 262 g/mol. The Kier molecular flexibility index (Phi) is 4.40. The van der Waals surface area contributed by atoms with Crippen LogP contribution < -0.4 is 10.6 Å². The van der Waals surface area contributed by atoms with E-state index in [2.05, 4.69) is 26.0 Å². The van der Waals surface area contributed by atoms with Crippen molar-refractivity contribution >= 4 is 17.5 Å². The summed E-state index contributed by atoms with van der Waals surface area (Å²) in [5, 5.41) is 23.3. The summed E-state index contributed by atoms with van der Waals surface area (Å²) in [5.41, 5.74) is 1.16. The Morgan fingerprint density at radius 3 is 2.55 bits per heavy atom. The number of nitrogens with one attached hydrogen (secondary N) is 3. The van der Waals surface area contributed by atoms with E-state index in [9.17, 15) is 9.59 Å². The van der Waals surface area contributed by atoms with E-state index < -0.39 is 5.91 Å². The zero-order chi connectivity index (χ0) is 14.4. The topological polar surface area (TPSA) is 120 Å². The molecule has 8 heteroatoms. The number of hydrogen-bond donors (Lipinski definition) is 4. The zero-order valence-electron chi connectivity index (χ0n) is 10.5. The van der Waals surface area contributed by atoms with Crippen LogP contribution in [-0.2, 0) is 0 Å². The Morgan fingerprint density at radius 2 is 1.95 bits per heavy atom. The van der Waals surface area contributed by atoms with E-state index in [1.807, 2.05) is 0 Å². The van der Waals surface area contributed by atoms with Crippen LogP contribution in [0.5, 0.6) is 0 Å². The molecule has 0 fully saturated rings. The number of aliphatic hydroxyl groups excluding tert-OH is 1. The second kappa shape index (κ2) is 6.43. The molecule has 8 nitrogen and oxygen atoms in total. The Balaban J connectivity index is 1.98. The maximum Gasteiger partial charge on any atom is 0.277 e. The monoisotopic (exact) mass is 275 g/mol. The number of aromatic nitrogens is 3. The summed E-state index contributed by atoms with van der Waals surface area (Å²) >= 11 is 0. The first-order chi connectivity index (χ1) is 9.70. The van der Waals surface area contributed by atoms with Gasteiger partial charge in [-0.15, -0.1) is 0 Å². The summed E-state index contributed by atoms with van der Waals surface area (Å²) in [6.45, 7) is 0.0844. The molecule has 0 unspecified atom stereocenters. The largest absolute Gasteiger partial charge is 0.395 e. The van der Waals surface area contributed by atoms with Gasteiger partial charge in [-0.25, -0.2) is 0 Å². The van der Waals surface area contributed by atoms with Gasteiger partial charge in [0.25, 0.3) is 11.8 Å². The van der Waals surface area contributed by atoms with Crippen molar-refractivity contribution in [1.82, 2.24) is 20.7 Å². The van der Waals surface area contributed by atoms with Crippen LogP contribution in [-0.4, -0.2) is 45.5 Å². The minimum absolute atomic E-state index is 0.114. The van der Waals surface area contributed by atoms with Crippen molar-refractivity contribution in [2.45, 2.75) is 0 Å². The fourth-order valence-electron chi connectivity index (χ4n) is 1.48. The third-order valence-electron chi connectivity index (χ3n) is 2.45. The molecule has 1 aromatic heterocycles. The van der Waals surface area contributed by atoms with Crippen LogP contribution in [0.3, 0.4) is 0 Å². The average Bonchev–Trinajstić information content (AvgIpc) is 3.00. The molecule has 1 heterocycles. The van der Waals surface area contributed by atoms with E-state index in [0.29, 0.717) is 11.3 Å². The first-order valence-corrected chi connectivity index (χ1v) is 5.87. The van der Waals surface area contributed by atoms with Gasteiger partial charge in [-0.05, 0) is 24.3 Å². The first-order valence-electron chi connectivity index (χ1n) is 5.87. The number of hydrogen-bond acceptors (Lipinski definition) is 5. The van der Waals surface area contributed by atoms with Crippen molar-refractivity contribution in [3.63, 3.8) is 0 Å². The number of anilines is 1. The number of aliphatic hydroxyl groups is 1. The normalized spacial score (nSPS) is 10.1. The van der Waals surface area contributed by atoms with Crippen molar-refractivity contribution in [2.75, 3.05) is 18.5 Å². The third-order valence-corrected chi connectivity index (χ3v) is 2.45. The van der Waals surface area contributed by atoms with E-state index in [0.717, 1.165) is 0 Å². The summed E-state index contributed by atoms with van der Waals surface area (Å²) in [4.78, 5) is 23.3. The lowest BCUT2D eigenvalue weighted by molar-refractivity contribution is 0.0944. The second-order valence-electron chi connectivity index (χ2n) is 3.87. The quantitative estimate of drug-likeness (QED) is 0.601. The van der Waals surface area contributed by atoms with Crippen LogP contribution in [0.4, 0.5) is 5.69 Å². The van der Waals surface area contributed by atoms with Gasteiger partial charge in [-0.1, -0.05) is 0 Å². The molecule has 104 valence electrons. The fourth-order valence-corrected chi connectivity index (χ4v) is 1.48. The maximum atomic E-state index is 11.7. The van der Waals surface area contributed by atoms with E-state index in [-0.39, 0.29) is 24.8 Å². The number of nitrogens with zero attached hydrogens (tertiary/aromatic N) is 2. The molecule has 0 aliphatic rings. The lowest BCUT2D eigenvalue weighted by atomic mass is 10.2. The highest BCUT2D eigenvalue weighted by Gasteiger charge is 2.09. The highest BCUT2D eigenvalue weighted by molar-refractivity contribution is 6.03. The molecule has 2 amide bonds. The van der Waals surface area contributed by atoms with E-state index in [1.165, 1.54) is 6.20 Å². The minimum atomic E-state index is -0.392. The molecule has 0 aliphatic heterocycles. The van der Waals surface area contributed by atoms with Gasteiger partial charge < -0.3 is 15.7 Å². The first kappa shape index (κ1) is 13.7. The van der Waals surface area contributed by atoms with Gasteiger partial charge >= 0.3 is 0 Å². The molecule has 0 radical (unpaired) electrons. The van der Waals surface area contributed by atoms with Gasteiger partial charge in [0.05, 0.1) is 12.8 Å². The van der Waals surface area contributed by atoms with Crippen LogP contribution >= 0.6 is 0 Å². The van der Waals surface area contributed by atoms with E-state index in [4.69, 9.17) is 5.11 Å². The van der Waals surface area contributed by atoms with Gasteiger partial charge in [0, 0.05) is 17.8 Å². The van der Waals surface area contributed by atoms with Crippen molar-refractivity contribution in [2.24, 2.45) is 0 Å². The van der Waals surface area contributed by atoms with Crippen LogP contribution in [0.1, 0.15) is 20.8 Å². The molecule has 0 bridgehead atoms. The number of H-pyrrole nitrogens is 1. The molecule has 1 aromatic carbocycles. The molecule has 2 rings (SSSR count). The number of amides is 2. The van der Waals surface area contributed by atoms with Crippen LogP contribution in [0.25, 0.3) is 0 Å². The van der Waals surface area contributed by atoms with Gasteiger partial charge in [-0.2, -0.15) is 15.4 Å². The van der Waals surface area contributed by atoms with E-state index in [1.54, 1.807) is 24.3 Å². The van der Waals surface area contributed by atoms with Crippen LogP contribution in [0, 0.1) is 0 Å². The van der Waals surface area contributed by atoms with Gasteiger partial charge in [0.1, 0.15) is 0 Å². The highest BCUT2D eigenvalue weighted by Crippen LogP contribution is 2.10. The molecule has 4 N–H and O–H groups in total. The summed E-state index contributed by atoms with van der Waals surface area (Å²) in [6.07, 6.45) is 1.31. The fraction of sp³-hybridized carbons (Fsp3) is 0.167. The Bertz CT molecular complexity index is 580. The molecule has 0 saturated heterocycles. The predicted octanol–water partition coefficient (Wildman–Crippen LogP) is -0.221. The molecule has 20 heavy (non-hydrogen) atoms. The average molecular weight is 275 g/mol. The molecule has 0 atom stereocenters. The van der Waals surface area contributed by atoms with Crippen LogP contribution in [0.2, 0.25) is 0 Å². The summed E-state index contributed by atoms with van der Waals surface area (Å²) in [6, 6.07) is 6.36. The Hall–Kier alpha value is -2.74. The Labute approximate surface area is 114 Å². The molecule has 0 spiro atoms. The number of rotatable bonds is 5. The maximum absolute atomic E-state index is 11.7. The van der Waals surface area contributed by atoms with Gasteiger partial charge in [-0.3, -0.25) is 9.59 Å². The molecular formula is C12H13N5O3. The molecule has 0 saturated carbocycles. The van der Waals surface area contributed by atoms with Crippen molar-refractivity contribution in [3.8, 4) is 0 Å². The SMILES string of the molecule is O=C(NCCO)c1ccc(NC(=O)c2cn[nH]n2)cc1. The number of benzene rings is 1. The lowest BCUT2D eigenvalue weighted by Crippen LogP contribution is -2.26. The van der Waals surface area contributed by atoms with Gasteiger partial charge in [0.15, 0.2) is 5.69 Å². The van der Waals surface area contributed by atoms with E-state index >= 15 is 0 Å². The lowest BCUT2D eigenvalue weighted by Gasteiger charge is -2.05. The van der Waals surface area contributed by atoms with Crippen LogP contribution in [0.15, 0.2) is 30.5 Å². The van der Waals surface area contributed by atoms with Gasteiger partial charge in [0.2, 0.25) is 0 Å². The molecule has 0 aliphatic carbocycles. The molecule has 2 aromatic rings. The van der Waals surface area contributed by atoms with Crippen molar-refractivity contribution < 1.29 is 14.7 Å². The smallest absolute Gasteiger partial charge is 0.277 e. The summed E-state index contributed by atoms with van der Waals surface area (Å²) < 4.78 is 0. The Morgan fingerprint density at radius 1 is 1.20 bits per heavy atom. The number of carbonyl (C=O) groups excluding carboxylic acids is 2. The summed E-state index contributed by atoms with van der Waals surface area (Å²) in [5.74, 6) is -0.676. The standard InChI is InChI=1S/C12H13N5O3/c18-6-5-13-11(19)8-1-3-9(4-2-8)15-12(20)10-7-14-17-16-10/h1-4,7,18H,5-6H2,(H,13,19)(H,15,20)(H,14,16,17). The number of aromatic amines is 1. The highest BCUT2D eigenvalue weighted by atomic mass is 16.3. The third kappa shape index (κ3) is 3.39. The summed E-state index contributed by atoms with van der Waals surface area (Å²) in [7, 11) is 0. The number of carbonyl (C=O) groups is 2. The minimum Gasteiger partial charge on any atom is -0.395 e. The van der Waals surface area contributed by atoms with Crippen molar-refractivity contribution in [1.29, 1.82) is 0 Å².